The second kappa shape index (κ2) is 9.93. The van der Waals surface area contributed by atoms with Crippen LogP contribution < -0.4 is 5.32 Å². The van der Waals surface area contributed by atoms with E-state index in [1.165, 1.54) is 12.1 Å². The molecule has 0 atom stereocenters. The van der Waals surface area contributed by atoms with Crippen LogP contribution in [0.25, 0.3) is 11.8 Å². The summed E-state index contributed by atoms with van der Waals surface area (Å²) in [6.07, 6.45) is -2.95. The molecule has 6 nitrogen and oxygen atoms in total. The number of hydrogen-bond donors (Lipinski definition) is 1. The van der Waals surface area contributed by atoms with Gasteiger partial charge in [0.15, 0.2) is 0 Å². The fourth-order valence-electron chi connectivity index (χ4n) is 4.22. The fourth-order valence-corrected chi connectivity index (χ4v) is 5.05. The minimum atomic E-state index is -4.48. The third-order valence-electron chi connectivity index (χ3n) is 6.02. The first-order valence-corrected chi connectivity index (χ1v) is 12.2. The zero-order valence-electron chi connectivity index (χ0n) is 20.6. The van der Waals surface area contributed by atoms with Crippen LogP contribution in [-0.2, 0) is 15.8 Å². The van der Waals surface area contributed by atoms with E-state index < -0.39 is 35.3 Å². The Morgan fingerprint density at radius 3 is 2.43 bits per heavy atom. The first-order valence-electron chi connectivity index (χ1n) is 11.3. The predicted octanol–water partition coefficient (Wildman–Crippen LogP) is 6.40. The summed E-state index contributed by atoms with van der Waals surface area (Å²) in [4.78, 5) is 39.0. The molecule has 0 radical (unpaired) electrons. The van der Waals surface area contributed by atoms with Gasteiger partial charge in [-0.2, -0.15) is 13.2 Å². The van der Waals surface area contributed by atoms with Gasteiger partial charge in [-0.3, -0.25) is 19.3 Å². The van der Waals surface area contributed by atoms with Crippen molar-refractivity contribution in [1.29, 1.82) is 0 Å². The van der Waals surface area contributed by atoms with Crippen LogP contribution in [0, 0.1) is 27.7 Å². The largest absolute Gasteiger partial charge is 0.416 e. The second-order valence-electron chi connectivity index (χ2n) is 8.84. The van der Waals surface area contributed by atoms with Gasteiger partial charge in [0, 0.05) is 22.8 Å². The molecule has 0 spiro atoms. The quantitative estimate of drug-likeness (QED) is 0.390. The maximum Gasteiger partial charge on any atom is 0.416 e. The summed E-state index contributed by atoms with van der Waals surface area (Å²) in [5.74, 6) is -1.10. The van der Waals surface area contributed by atoms with E-state index in [-0.39, 0.29) is 4.91 Å². The molecule has 1 aliphatic rings. The third kappa shape index (κ3) is 5.48. The number of amides is 3. The van der Waals surface area contributed by atoms with Crippen LogP contribution in [0.15, 0.2) is 53.4 Å². The minimum absolute atomic E-state index is 0.133. The lowest BCUT2D eigenvalue weighted by molar-refractivity contribution is -0.137. The van der Waals surface area contributed by atoms with E-state index >= 15 is 0 Å². The highest BCUT2D eigenvalue weighted by molar-refractivity contribution is 8.18. The van der Waals surface area contributed by atoms with Crippen LogP contribution in [0.4, 0.5) is 23.7 Å². The summed E-state index contributed by atoms with van der Waals surface area (Å²) < 4.78 is 41.3. The van der Waals surface area contributed by atoms with E-state index in [1.807, 2.05) is 26.0 Å². The number of anilines is 1. The highest BCUT2D eigenvalue weighted by Crippen LogP contribution is 2.35. The second-order valence-corrected chi connectivity index (χ2v) is 9.84. The van der Waals surface area contributed by atoms with Crippen molar-refractivity contribution in [3.05, 3.63) is 87.1 Å². The zero-order valence-corrected chi connectivity index (χ0v) is 21.4. The number of hydrogen-bond acceptors (Lipinski definition) is 4. The highest BCUT2D eigenvalue weighted by atomic mass is 32.2. The van der Waals surface area contributed by atoms with Crippen molar-refractivity contribution in [3.63, 3.8) is 0 Å². The lowest BCUT2D eigenvalue weighted by Crippen LogP contribution is -2.36. The lowest BCUT2D eigenvalue weighted by atomic mass is 10.1. The summed E-state index contributed by atoms with van der Waals surface area (Å²) in [5, 5.41) is 2.16. The van der Waals surface area contributed by atoms with Crippen molar-refractivity contribution in [1.82, 2.24) is 9.47 Å². The molecule has 0 unspecified atom stereocenters. The molecule has 0 saturated carbocycles. The van der Waals surface area contributed by atoms with E-state index in [2.05, 4.69) is 5.32 Å². The summed E-state index contributed by atoms with van der Waals surface area (Å²) in [5.41, 5.74) is 3.92. The van der Waals surface area contributed by atoms with Gasteiger partial charge in [0.25, 0.3) is 11.1 Å². The van der Waals surface area contributed by atoms with Gasteiger partial charge in [-0.05, 0) is 87.0 Å². The smallest absolute Gasteiger partial charge is 0.324 e. The number of carbonyl (C=O) groups excluding carboxylic acids is 3. The maximum absolute atomic E-state index is 13.2. The molecule has 2 aromatic carbocycles. The standard InChI is InChI=1S/C27H24F3N3O3S/c1-15-8-9-22(16(2)10-15)31-24(34)14-32-25(35)23(37-26(32)36)12-19-11-17(3)33(18(19)4)21-7-5-6-20(13-21)27(28,29)30/h5-13H,14H2,1-4H3,(H,31,34)/b23-12-. The Morgan fingerprint density at radius 1 is 1.03 bits per heavy atom. The van der Waals surface area contributed by atoms with Gasteiger partial charge in [-0.15, -0.1) is 0 Å². The Morgan fingerprint density at radius 2 is 1.76 bits per heavy atom. The number of thioether (sulfide) groups is 1. The number of carbonyl (C=O) groups is 3. The summed E-state index contributed by atoms with van der Waals surface area (Å²) in [6.45, 7) is 6.82. The third-order valence-corrected chi connectivity index (χ3v) is 6.93. The fraction of sp³-hybridized carbons (Fsp3) is 0.222. The number of rotatable bonds is 5. The van der Waals surface area contributed by atoms with Gasteiger partial charge in [0.1, 0.15) is 6.54 Å². The molecule has 1 aliphatic heterocycles. The number of halogens is 3. The molecular formula is C27H24F3N3O3S. The van der Waals surface area contributed by atoms with E-state index in [4.69, 9.17) is 0 Å². The minimum Gasteiger partial charge on any atom is -0.324 e. The average Bonchev–Trinajstić information content (AvgIpc) is 3.24. The number of benzene rings is 2. The molecule has 192 valence electrons. The Balaban J connectivity index is 1.55. The number of imide groups is 1. The molecule has 0 bridgehead atoms. The van der Waals surface area contributed by atoms with Crippen LogP contribution in [0.2, 0.25) is 0 Å². The first-order chi connectivity index (χ1) is 17.3. The topological polar surface area (TPSA) is 71.4 Å². The normalized spacial score (nSPS) is 15.1. The molecule has 1 saturated heterocycles. The predicted molar refractivity (Wildman–Crippen MR) is 137 cm³/mol. The van der Waals surface area contributed by atoms with Crippen molar-refractivity contribution < 1.29 is 27.6 Å². The maximum atomic E-state index is 13.2. The molecule has 1 fully saturated rings. The molecule has 0 aliphatic carbocycles. The summed E-state index contributed by atoms with van der Waals surface area (Å²) in [6, 6.07) is 12.2. The van der Waals surface area contributed by atoms with Crippen molar-refractivity contribution in [2.75, 3.05) is 11.9 Å². The zero-order chi connectivity index (χ0) is 27.1. The first kappa shape index (κ1) is 26.3. The molecule has 10 heteroatoms. The molecule has 4 rings (SSSR count). The van der Waals surface area contributed by atoms with Crippen molar-refractivity contribution in [3.8, 4) is 5.69 Å². The van der Waals surface area contributed by atoms with E-state index in [0.717, 1.165) is 28.2 Å². The van der Waals surface area contributed by atoms with Gasteiger partial charge in [-0.25, -0.2) is 0 Å². The summed E-state index contributed by atoms with van der Waals surface area (Å²) >= 11 is 0.716. The lowest BCUT2D eigenvalue weighted by Gasteiger charge is -2.14. The summed E-state index contributed by atoms with van der Waals surface area (Å²) in [7, 11) is 0. The molecule has 2 heterocycles. The average molecular weight is 528 g/mol. The Bertz CT molecular complexity index is 1460. The number of nitrogens with zero attached hydrogens (tertiary/aromatic N) is 2. The van der Waals surface area contributed by atoms with Gasteiger partial charge < -0.3 is 9.88 Å². The Hall–Kier alpha value is -3.79. The van der Waals surface area contributed by atoms with Crippen molar-refractivity contribution >= 4 is 40.6 Å². The van der Waals surface area contributed by atoms with Gasteiger partial charge in [-0.1, -0.05) is 23.8 Å². The Labute approximate surface area is 216 Å². The number of aryl methyl sites for hydroxylation is 3. The molecule has 3 amide bonds. The van der Waals surface area contributed by atoms with E-state index in [1.54, 1.807) is 36.6 Å². The van der Waals surface area contributed by atoms with E-state index in [0.29, 0.717) is 40.1 Å². The molecular weight excluding hydrogens is 503 g/mol. The van der Waals surface area contributed by atoms with Crippen LogP contribution in [-0.4, -0.2) is 33.1 Å². The molecule has 3 aromatic rings. The highest BCUT2D eigenvalue weighted by Gasteiger charge is 2.36. The molecule has 37 heavy (non-hydrogen) atoms. The SMILES string of the molecule is Cc1ccc(NC(=O)CN2C(=O)S/C(=C\c3cc(C)n(-c4cccc(C(F)(F)F)c4)c3C)C2=O)c(C)c1. The number of nitrogens with one attached hydrogen (secondary N) is 1. The van der Waals surface area contributed by atoms with Crippen LogP contribution in [0.5, 0.6) is 0 Å². The number of aromatic nitrogens is 1. The van der Waals surface area contributed by atoms with Crippen LogP contribution in [0.3, 0.4) is 0 Å². The molecule has 1 N–H and O–H groups in total. The van der Waals surface area contributed by atoms with Gasteiger partial charge in [0.2, 0.25) is 5.91 Å². The molecule has 1 aromatic heterocycles. The van der Waals surface area contributed by atoms with Gasteiger partial charge in [0.05, 0.1) is 10.5 Å². The number of alkyl halides is 3. The van der Waals surface area contributed by atoms with Gasteiger partial charge >= 0.3 is 6.18 Å². The van der Waals surface area contributed by atoms with Crippen molar-refractivity contribution in [2.45, 2.75) is 33.9 Å². The Kier molecular flexibility index (Phi) is 7.05. The monoisotopic (exact) mass is 527 g/mol. The van der Waals surface area contributed by atoms with Crippen LogP contribution in [0.1, 0.15) is 33.6 Å². The van der Waals surface area contributed by atoms with Crippen molar-refractivity contribution in [2.24, 2.45) is 0 Å². The van der Waals surface area contributed by atoms with Crippen LogP contribution >= 0.6 is 11.8 Å². The van der Waals surface area contributed by atoms with E-state index in [9.17, 15) is 27.6 Å².